The maximum Gasteiger partial charge on any atom is 0.417 e. The van der Waals surface area contributed by atoms with Gasteiger partial charge in [-0.1, -0.05) is 20.8 Å². The number of carbonyl (C=O) groups excluding carboxylic acids is 1. The lowest BCUT2D eigenvalue weighted by Gasteiger charge is -2.27. The first-order valence-corrected chi connectivity index (χ1v) is 7.82. The second-order valence-electron chi connectivity index (χ2n) is 7.55. The zero-order valence-corrected chi connectivity index (χ0v) is 14.5. The molecular weight excluding hydrogens is 333 g/mol. The van der Waals surface area contributed by atoms with Crippen LogP contribution < -0.4 is 16.2 Å². The van der Waals surface area contributed by atoms with Gasteiger partial charge in [0.15, 0.2) is 0 Å². The minimum absolute atomic E-state index is 0.00133. The average molecular weight is 354 g/mol. The summed E-state index contributed by atoms with van der Waals surface area (Å²) in [6, 6.07) is 4.68. The highest BCUT2D eigenvalue weighted by atomic mass is 19.4. The number of halogens is 3. The van der Waals surface area contributed by atoms with E-state index in [1.54, 1.807) is 6.92 Å². The topological polar surface area (TPSA) is 77.0 Å². The van der Waals surface area contributed by atoms with E-state index in [0.717, 1.165) is 12.1 Å². The number of nitriles is 1. The molecule has 1 fully saturated rings. The van der Waals surface area contributed by atoms with E-state index in [1.165, 1.54) is 12.1 Å². The molecule has 0 aliphatic carbocycles. The van der Waals surface area contributed by atoms with Crippen LogP contribution in [-0.4, -0.2) is 17.5 Å². The Labute approximate surface area is 144 Å². The molecule has 25 heavy (non-hydrogen) atoms. The minimum Gasteiger partial charge on any atom is -0.324 e. The van der Waals surface area contributed by atoms with Crippen molar-refractivity contribution in [2.45, 2.75) is 51.9 Å². The van der Waals surface area contributed by atoms with Crippen LogP contribution in [0.15, 0.2) is 18.2 Å². The molecule has 136 valence electrons. The summed E-state index contributed by atoms with van der Waals surface area (Å²) in [4.78, 5) is 12.6. The number of carbonyl (C=O) groups is 1. The third-order valence-corrected chi connectivity index (χ3v) is 4.38. The van der Waals surface area contributed by atoms with Crippen molar-refractivity contribution in [1.82, 2.24) is 10.9 Å². The smallest absolute Gasteiger partial charge is 0.324 e. The van der Waals surface area contributed by atoms with Gasteiger partial charge >= 0.3 is 6.18 Å². The largest absolute Gasteiger partial charge is 0.417 e. The third-order valence-electron chi connectivity index (χ3n) is 4.38. The van der Waals surface area contributed by atoms with E-state index in [9.17, 15) is 18.0 Å². The van der Waals surface area contributed by atoms with Gasteiger partial charge in [-0.05, 0) is 37.0 Å². The molecule has 1 aliphatic heterocycles. The monoisotopic (exact) mass is 354 g/mol. The molecule has 3 N–H and O–H groups in total. The van der Waals surface area contributed by atoms with Gasteiger partial charge in [-0.3, -0.25) is 10.2 Å². The van der Waals surface area contributed by atoms with Crippen LogP contribution in [0.3, 0.4) is 0 Å². The molecule has 1 amide bonds. The molecule has 2 rings (SSSR count). The van der Waals surface area contributed by atoms with Crippen LogP contribution in [0.2, 0.25) is 0 Å². The fraction of sp³-hybridized carbons (Fsp3) is 0.529. The van der Waals surface area contributed by atoms with Crippen molar-refractivity contribution in [1.29, 1.82) is 5.26 Å². The van der Waals surface area contributed by atoms with E-state index in [0.29, 0.717) is 6.42 Å². The Balaban J connectivity index is 2.20. The van der Waals surface area contributed by atoms with Crippen LogP contribution in [-0.2, 0) is 11.0 Å². The molecule has 5 nitrogen and oxygen atoms in total. The Morgan fingerprint density at radius 3 is 2.48 bits per heavy atom. The molecule has 2 unspecified atom stereocenters. The van der Waals surface area contributed by atoms with Gasteiger partial charge in [0.25, 0.3) is 0 Å². The molecular formula is C17H21F3N4O. The summed E-state index contributed by atoms with van der Waals surface area (Å²) in [5.41, 5.74) is 3.43. The van der Waals surface area contributed by atoms with Crippen molar-refractivity contribution >= 4 is 11.6 Å². The zero-order chi connectivity index (χ0) is 19.0. The van der Waals surface area contributed by atoms with Crippen LogP contribution in [0.25, 0.3) is 0 Å². The normalized spacial score (nSPS) is 24.0. The first-order valence-electron chi connectivity index (χ1n) is 7.82. The molecule has 0 spiro atoms. The van der Waals surface area contributed by atoms with Crippen molar-refractivity contribution in [3.8, 4) is 6.07 Å². The van der Waals surface area contributed by atoms with Crippen LogP contribution in [0.4, 0.5) is 18.9 Å². The molecule has 0 radical (unpaired) electrons. The summed E-state index contributed by atoms with van der Waals surface area (Å²) < 4.78 is 39.1. The van der Waals surface area contributed by atoms with Gasteiger partial charge < -0.3 is 5.32 Å². The fourth-order valence-corrected chi connectivity index (χ4v) is 2.65. The highest BCUT2D eigenvalue weighted by Crippen LogP contribution is 2.34. The predicted molar refractivity (Wildman–Crippen MR) is 87.3 cm³/mol. The lowest BCUT2D eigenvalue weighted by atomic mass is 9.81. The van der Waals surface area contributed by atoms with Crippen molar-refractivity contribution < 1.29 is 18.0 Å². The summed E-state index contributed by atoms with van der Waals surface area (Å²) in [6.07, 6.45) is -4.18. The Morgan fingerprint density at radius 1 is 1.36 bits per heavy atom. The molecule has 2 atom stereocenters. The number of hydrazine groups is 1. The van der Waals surface area contributed by atoms with E-state index >= 15 is 0 Å². The predicted octanol–water partition coefficient (Wildman–Crippen LogP) is 3.19. The van der Waals surface area contributed by atoms with Crippen LogP contribution in [0.1, 0.15) is 45.2 Å². The highest BCUT2D eigenvalue weighted by molar-refractivity contribution is 5.98. The van der Waals surface area contributed by atoms with E-state index in [-0.39, 0.29) is 17.1 Å². The molecule has 0 aromatic heterocycles. The molecule has 0 bridgehead atoms. The summed E-state index contributed by atoms with van der Waals surface area (Å²) in [5, 5.41) is 11.3. The number of hydrogen-bond donors (Lipinski definition) is 3. The first kappa shape index (κ1) is 19.2. The van der Waals surface area contributed by atoms with Crippen LogP contribution >= 0.6 is 0 Å². The highest BCUT2D eigenvalue weighted by Gasteiger charge is 2.45. The zero-order valence-electron chi connectivity index (χ0n) is 14.5. The van der Waals surface area contributed by atoms with Gasteiger partial charge in [-0.25, -0.2) is 5.43 Å². The van der Waals surface area contributed by atoms with Gasteiger partial charge in [0.2, 0.25) is 5.91 Å². The fourth-order valence-electron chi connectivity index (χ4n) is 2.65. The van der Waals surface area contributed by atoms with Gasteiger partial charge in [0, 0.05) is 11.7 Å². The number of hydrogen-bond acceptors (Lipinski definition) is 4. The van der Waals surface area contributed by atoms with Gasteiger partial charge in [-0.15, -0.1) is 0 Å². The first-order chi connectivity index (χ1) is 11.4. The summed E-state index contributed by atoms with van der Waals surface area (Å²) in [7, 11) is 0. The lowest BCUT2D eigenvalue weighted by molar-refractivity contribution is -0.137. The van der Waals surface area contributed by atoms with E-state index in [1.807, 2.05) is 20.8 Å². The van der Waals surface area contributed by atoms with E-state index in [2.05, 4.69) is 16.2 Å². The SMILES string of the molecule is CC1(C(=O)Nc2ccc(C#N)c(C(F)(F)F)c2)CC(C(C)(C)C)NN1. The summed E-state index contributed by atoms with van der Waals surface area (Å²) in [5.74, 6) is -0.440. The molecule has 1 aromatic rings. The molecule has 1 aliphatic rings. The summed E-state index contributed by atoms with van der Waals surface area (Å²) >= 11 is 0. The maximum absolute atomic E-state index is 13.0. The molecule has 1 heterocycles. The Bertz CT molecular complexity index is 718. The van der Waals surface area contributed by atoms with E-state index in [4.69, 9.17) is 5.26 Å². The van der Waals surface area contributed by atoms with Crippen molar-refractivity contribution in [2.24, 2.45) is 5.41 Å². The number of rotatable bonds is 2. The van der Waals surface area contributed by atoms with Crippen molar-refractivity contribution in [3.63, 3.8) is 0 Å². The Kier molecular flexibility index (Phi) is 4.86. The summed E-state index contributed by atoms with van der Waals surface area (Å²) in [6.45, 7) is 7.79. The molecule has 8 heteroatoms. The lowest BCUT2D eigenvalue weighted by Crippen LogP contribution is -2.50. The number of nitrogens with zero attached hydrogens (tertiary/aromatic N) is 1. The number of amides is 1. The van der Waals surface area contributed by atoms with Gasteiger partial charge in [-0.2, -0.15) is 18.4 Å². The quantitative estimate of drug-likeness (QED) is 0.762. The van der Waals surface area contributed by atoms with Crippen LogP contribution in [0.5, 0.6) is 0 Å². The van der Waals surface area contributed by atoms with Crippen LogP contribution in [0, 0.1) is 16.7 Å². The van der Waals surface area contributed by atoms with Crippen molar-refractivity contribution in [2.75, 3.05) is 5.32 Å². The average Bonchev–Trinajstić information content (AvgIpc) is 2.90. The Hall–Kier alpha value is -2.11. The van der Waals surface area contributed by atoms with Gasteiger partial charge in [0.1, 0.15) is 5.54 Å². The number of alkyl halides is 3. The Morgan fingerprint density at radius 2 is 2.00 bits per heavy atom. The number of nitrogens with one attached hydrogen (secondary N) is 3. The van der Waals surface area contributed by atoms with Crippen molar-refractivity contribution in [3.05, 3.63) is 29.3 Å². The molecule has 0 saturated carbocycles. The minimum atomic E-state index is -4.67. The van der Waals surface area contributed by atoms with Gasteiger partial charge in [0.05, 0.1) is 17.2 Å². The number of benzene rings is 1. The molecule has 1 aromatic carbocycles. The maximum atomic E-state index is 13.0. The standard InChI is InChI=1S/C17H21F3N4O/c1-15(2,3)13-8-16(4,24-23-13)14(25)22-11-6-5-10(9-21)12(7-11)17(18,19)20/h5-7,13,23-24H,8H2,1-4H3,(H,22,25). The molecule has 1 saturated heterocycles. The second kappa shape index (κ2) is 6.32. The second-order valence-corrected chi connectivity index (χ2v) is 7.55. The number of anilines is 1. The third kappa shape index (κ3) is 4.11. The van der Waals surface area contributed by atoms with E-state index < -0.39 is 28.7 Å².